The standard InChI is InChI=1S/C64H47N/c1-63(2)55-28-14-16-30-57(55)64(58-31-17-15-29-56(58)63)54-38-37-50(45-35-33-44(34-36-45)49-26-18-25-48(39-49)43-19-6-3-7-20-43)40-53(54)62-52(27-12-13-32-59(62)64)51-41-60(46-21-8-4-9-22-46)65-61(42-51)47-23-10-5-11-24-47/h3-26,28-42H,27H2,1-2H3. The quantitative estimate of drug-likeness (QED) is 0.163. The molecule has 0 aliphatic heterocycles. The van der Waals surface area contributed by atoms with E-state index >= 15 is 0 Å². The molecule has 65 heavy (non-hydrogen) atoms. The Bertz CT molecular complexity index is 3280. The molecule has 9 aromatic rings. The average molecular weight is 830 g/mol. The van der Waals surface area contributed by atoms with E-state index < -0.39 is 5.41 Å². The van der Waals surface area contributed by atoms with Gasteiger partial charge in [-0.25, -0.2) is 4.98 Å². The summed E-state index contributed by atoms with van der Waals surface area (Å²) >= 11 is 0. The van der Waals surface area contributed by atoms with Gasteiger partial charge in [0, 0.05) is 16.5 Å². The number of fused-ring (bicyclic) bond motifs is 9. The molecule has 0 radical (unpaired) electrons. The van der Waals surface area contributed by atoms with Crippen molar-refractivity contribution in [1.82, 2.24) is 4.98 Å². The van der Waals surface area contributed by atoms with E-state index in [1.54, 1.807) is 0 Å². The molecular formula is C64H47N. The summed E-state index contributed by atoms with van der Waals surface area (Å²) in [7, 11) is 0. The van der Waals surface area contributed by atoms with Gasteiger partial charge in [0.1, 0.15) is 0 Å². The lowest BCUT2D eigenvalue weighted by molar-refractivity contribution is 0.563. The van der Waals surface area contributed by atoms with Crippen molar-refractivity contribution in [2.45, 2.75) is 31.1 Å². The summed E-state index contributed by atoms with van der Waals surface area (Å²) in [6, 6.07) is 80.4. The van der Waals surface area contributed by atoms with Crippen LogP contribution in [0, 0.1) is 0 Å². The molecule has 308 valence electrons. The van der Waals surface area contributed by atoms with E-state index in [1.807, 2.05) is 0 Å². The number of rotatable bonds is 6. The molecule has 0 bridgehead atoms. The SMILES string of the molecule is CC1(C)c2ccccc2C2(C3=CC=CCC(c4cc(-c5ccccc5)nc(-c5ccccc5)c4)=C3c3cc(-c4ccc(-c5cccc(-c6ccccc6)c5)cc4)ccc32)c2ccccc21. The van der Waals surface area contributed by atoms with Gasteiger partial charge in [0.2, 0.25) is 0 Å². The number of aromatic nitrogens is 1. The lowest BCUT2D eigenvalue weighted by atomic mass is 9.55. The zero-order valence-electron chi connectivity index (χ0n) is 36.7. The van der Waals surface area contributed by atoms with Crippen molar-refractivity contribution in [1.29, 1.82) is 0 Å². The van der Waals surface area contributed by atoms with Crippen molar-refractivity contribution in [3.8, 4) is 55.9 Å². The highest BCUT2D eigenvalue weighted by Crippen LogP contribution is 2.65. The first-order chi connectivity index (χ1) is 32.0. The summed E-state index contributed by atoms with van der Waals surface area (Å²) in [4.78, 5) is 5.33. The van der Waals surface area contributed by atoms with Crippen LogP contribution < -0.4 is 0 Å². The normalized spacial score (nSPS) is 15.1. The Balaban J connectivity index is 1.10. The zero-order chi connectivity index (χ0) is 43.5. The molecule has 3 aliphatic rings. The molecule has 0 amide bonds. The predicted octanol–water partition coefficient (Wildman–Crippen LogP) is 16.2. The van der Waals surface area contributed by atoms with Crippen molar-refractivity contribution in [2.75, 3.05) is 0 Å². The van der Waals surface area contributed by atoms with Gasteiger partial charge in [0.25, 0.3) is 0 Å². The molecular weight excluding hydrogens is 783 g/mol. The van der Waals surface area contributed by atoms with Crippen LogP contribution in [0.25, 0.3) is 67.0 Å². The third kappa shape index (κ3) is 6.26. The van der Waals surface area contributed by atoms with Crippen molar-refractivity contribution in [3.63, 3.8) is 0 Å². The summed E-state index contributed by atoms with van der Waals surface area (Å²) in [6.45, 7) is 4.80. The average Bonchev–Trinajstić information content (AvgIpc) is 3.47. The lowest BCUT2D eigenvalue weighted by Crippen LogP contribution is -2.40. The molecule has 0 fully saturated rings. The van der Waals surface area contributed by atoms with Crippen molar-refractivity contribution in [3.05, 3.63) is 281 Å². The minimum atomic E-state index is -0.531. The van der Waals surface area contributed by atoms with Gasteiger partial charge >= 0.3 is 0 Å². The van der Waals surface area contributed by atoms with E-state index in [2.05, 4.69) is 250 Å². The van der Waals surface area contributed by atoms with Gasteiger partial charge in [0.15, 0.2) is 0 Å². The van der Waals surface area contributed by atoms with Gasteiger partial charge in [-0.2, -0.15) is 0 Å². The Morgan fingerprint density at radius 3 is 1.37 bits per heavy atom. The number of benzene rings is 8. The molecule has 0 saturated carbocycles. The summed E-state index contributed by atoms with van der Waals surface area (Å²) in [5.41, 5.74) is 24.0. The van der Waals surface area contributed by atoms with E-state index in [-0.39, 0.29) is 5.41 Å². The Hall–Kier alpha value is -7.87. The summed E-state index contributed by atoms with van der Waals surface area (Å²) in [6.07, 6.45) is 7.88. The molecule has 1 nitrogen and oxygen atoms in total. The molecule has 0 unspecified atom stereocenters. The van der Waals surface area contributed by atoms with Gasteiger partial charge in [0.05, 0.1) is 16.8 Å². The van der Waals surface area contributed by atoms with Crippen molar-refractivity contribution < 1.29 is 0 Å². The van der Waals surface area contributed by atoms with Crippen LogP contribution in [-0.4, -0.2) is 4.98 Å². The molecule has 0 N–H and O–H groups in total. The van der Waals surface area contributed by atoms with Crippen LogP contribution >= 0.6 is 0 Å². The third-order valence-corrected chi connectivity index (χ3v) is 14.2. The molecule has 3 aliphatic carbocycles. The maximum Gasteiger partial charge on any atom is 0.0719 e. The third-order valence-electron chi connectivity index (χ3n) is 14.2. The topological polar surface area (TPSA) is 12.9 Å². The molecule has 0 atom stereocenters. The number of hydrogen-bond acceptors (Lipinski definition) is 1. The Morgan fingerprint density at radius 2 is 0.815 bits per heavy atom. The first kappa shape index (κ1) is 38.8. The molecule has 1 aromatic heterocycles. The monoisotopic (exact) mass is 829 g/mol. The molecule has 1 spiro atoms. The fourth-order valence-electron chi connectivity index (χ4n) is 11.1. The van der Waals surface area contributed by atoms with Gasteiger partial charge in [-0.1, -0.05) is 226 Å². The van der Waals surface area contributed by atoms with Crippen molar-refractivity contribution in [2.24, 2.45) is 0 Å². The molecule has 12 rings (SSSR count). The van der Waals surface area contributed by atoms with Crippen LogP contribution in [0.15, 0.2) is 242 Å². The summed E-state index contributed by atoms with van der Waals surface area (Å²) < 4.78 is 0. The first-order valence-corrected chi connectivity index (χ1v) is 22.8. The van der Waals surface area contributed by atoms with Crippen LogP contribution in [-0.2, 0) is 10.8 Å². The van der Waals surface area contributed by atoms with Gasteiger partial charge in [-0.3, -0.25) is 0 Å². The van der Waals surface area contributed by atoms with Gasteiger partial charge < -0.3 is 0 Å². The Morgan fingerprint density at radius 1 is 0.369 bits per heavy atom. The van der Waals surface area contributed by atoms with Crippen LogP contribution in [0.1, 0.15) is 59.2 Å². The van der Waals surface area contributed by atoms with E-state index in [9.17, 15) is 0 Å². The first-order valence-electron chi connectivity index (χ1n) is 22.8. The van der Waals surface area contributed by atoms with Crippen LogP contribution in [0.4, 0.5) is 0 Å². The van der Waals surface area contributed by atoms with Crippen LogP contribution in [0.2, 0.25) is 0 Å². The highest BCUT2D eigenvalue weighted by Gasteiger charge is 2.55. The summed E-state index contributed by atoms with van der Waals surface area (Å²) in [5.74, 6) is 0. The zero-order valence-corrected chi connectivity index (χ0v) is 36.7. The maximum atomic E-state index is 5.33. The molecule has 0 saturated heterocycles. The lowest BCUT2D eigenvalue weighted by Gasteiger charge is -2.46. The predicted molar refractivity (Wildman–Crippen MR) is 271 cm³/mol. The largest absolute Gasteiger partial charge is 0.248 e. The van der Waals surface area contributed by atoms with Crippen molar-refractivity contribution >= 4 is 11.1 Å². The highest BCUT2D eigenvalue weighted by atomic mass is 14.7. The van der Waals surface area contributed by atoms with Gasteiger partial charge in [-0.05, 0) is 120 Å². The van der Waals surface area contributed by atoms with E-state index in [0.717, 1.165) is 28.9 Å². The minimum Gasteiger partial charge on any atom is -0.248 e. The fraction of sp³-hybridized carbons (Fsp3) is 0.0781. The second-order valence-electron chi connectivity index (χ2n) is 18.2. The second-order valence-corrected chi connectivity index (χ2v) is 18.2. The number of hydrogen-bond donors (Lipinski definition) is 0. The smallest absolute Gasteiger partial charge is 0.0719 e. The highest BCUT2D eigenvalue weighted by molar-refractivity contribution is 6.08. The Labute approximate surface area is 382 Å². The summed E-state index contributed by atoms with van der Waals surface area (Å²) in [5, 5.41) is 0. The van der Waals surface area contributed by atoms with E-state index in [0.29, 0.717) is 0 Å². The second kappa shape index (κ2) is 15.4. The Kier molecular flexibility index (Phi) is 9.21. The number of allylic oxidation sites excluding steroid dienone is 6. The maximum absolute atomic E-state index is 5.33. The molecule has 1 heterocycles. The number of pyridine rings is 1. The van der Waals surface area contributed by atoms with Crippen LogP contribution in [0.3, 0.4) is 0 Å². The van der Waals surface area contributed by atoms with Gasteiger partial charge in [-0.15, -0.1) is 0 Å². The van der Waals surface area contributed by atoms with E-state index in [1.165, 1.54) is 89.0 Å². The van der Waals surface area contributed by atoms with Crippen LogP contribution in [0.5, 0.6) is 0 Å². The molecule has 1 heteroatoms. The number of nitrogens with zero attached hydrogens (tertiary/aromatic N) is 1. The molecule has 8 aromatic carbocycles. The van der Waals surface area contributed by atoms with E-state index in [4.69, 9.17) is 4.98 Å². The minimum absolute atomic E-state index is 0.183. The fourth-order valence-corrected chi connectivity index (χ4v) is 11.1.